The van der Waals surface area contributed by atoms with E-state index in [0.717, 1.165) is 0 Å². The van der Waals surface area contributed by atoms with Crippen molar-refractivity contribution in [2.75, 3.05) is 10.6 Å². The van der Waals surface area contributed by atoms with Crippen molar-refractivity contribution >= 4 is 38.6 Å². The second-order valence-electron chi connectivity index (χ2n) is 5.58. The van der Waals surface area contributed by atoms with Crippen molar-refractivity contribution in [2.24, 2.45) is 0 Å². The summed E-state index contributed by atoms with van der Waals surface area (Å²) in [6.07, 6.45) is 0. The average Bonchev–Trinajstić information content (AvgIpc) is 2.63. The fourth-order valence-corrected chi connectivity index (χ4v) is 3.16. The molecule has 0 spiro atoms. The van der Waals surface area contributed by atoms with Crippen LogP contribution < -0.4 is 10.6 Å². The zero-order valence-corrected chi connectivity index (χ0v) is 14.7. The molecule has 0 heterocycles. The molecule has 3 aromatic rings. The number of nitrogens with one attached hydrogen (secondary N) is 2. The van der Waals surface area contributed by atoms with Crippen LogP contribution in [0, 0.1) is 10.1 Å². The van der Waals surface area contributed by atoms with Crippen molar-refractivity contribution in [2.45, 2.75) is 4.90 Å². The molecule has 8 nitrogen and oxygen atoms in total. The van der Waals surface area contributed by atoms with E-state index < -0.39 is 15.0 Å². The van der Waals surface area contributed by atoms with Crippen LogP contribution in [0.1, 0.15) is 0 Å². The summed E-state index contributed by atoms with van der Waals surface area (Å²) in [6, 6.07) is 19.1. The minimum atomic E-state index is -4.53. The lowest BCUT2D eigenvalue weighted by molar-refractivity contribution is -0.383. The quantitative estimate of drug-likeness (QED) is 0.328. The molecule has 0 atom stereocenters. The summed E-state index contributed by atoms with van der Waals surface area (Å²) in [4.78, 5) is 10.2. The molecule has 0 saturated carbocycles. The van der Waals surface area contributed by atoms with Gasteiger partial charge in [0.2, 0.25) is 0 Å². The van der Waals surface area contributed by atoms with E-state index in [2.05, 4.69) is 10.6 Å². The molecule has 0 aromatic heterocycles. The van der Waals surface area contributed by atoms with Crippen LogP contribution in [0.4, 0.5) is 28.4 Å². The van der Waals surface area contributed by atoms with Gasteiger partial charge in [-0.05, 0) is 36.4 Å². The predicted molar refractivity (Wildman–Crippen MR) is 102 cm³/mol. The Kier molecular flexibility index (Phi) is 5.06. The van der Waals surface area contributed by atoms with E-state index in [9.17, 15) is 23.1 Å². The van der Waals surface area contributed by atoms with Crippen LogP contribution in [0.3, 0.4) is 0 Å². The lowest BCUT2D eigenvalue weighted by Crippen LogP contribution is -2.05. The van der Waals surface area contributed by atoms with Crippen molar-refractivity contribution in [3.05, 3.63) is 82.9 Å². The van der Waals surface area contributed by atoms with Gasteiger partial charge in [-0.2, -0.15) is 8.42 Å². The first-order valence-electron chi connectivity index (χ1n) is 7.78. The highest BCUT2D eigenvalue weighted by Crippen LogP contribution is 2.32. The fraction of sp³-hybridized carbons (Fsp3) is 0. The first-order chi connectivity index (χ1) is 12.8. The smallest absolute Gasteiger partial charge is 0.296 e. The third-order valence-corrected chi connectivity index (χ3v) is 4.59. The van der Waals surface area contributed by atoms with Gasteiger partial charge in [-0.1, -0.05) is 30.3 Å². The maximum absolute atomic E-state index is 11.8. The second kappa shape index (κ2) is 7.44. The van der Waals surface area contributed by atoms with Gasteiger partial charge in [0.25, 0.3) is 15.8 Å². The molecule has 0 aliphatic carbocycles. The van der Waals surface area contributed by atoms with Crippen LogP contribution in [-0.2, 0) is 10.1 Å². The van der Waals surface area contributed by atoms with Gasteiger partial charge in [-0.3, -0.25) is 14.7 Å². The first-order valence-corrected chi connectivity index (χ1v) is 9.22. The first kappa shape index (κ1) is 18.4. The molecular formula is C18H15N3O5S. The highest BCUT2D eigenvalue weighted by atomic mass is 32.2. The van der Waals surface area contributed by atoms with E-state index in [-0.39, 0.29) is 27.6 Å². The zero-order chi connectivity index (χ0) is 19.4. The Morgan fingerprint density at radius 2 is 1.44 bits per heavy atom. The Hall–Kier alpha value is -3.43. The molecule has 3 aromatic carbocycles. The average molecular weight is 385 g/mol. The van der Waals surface area contributed by atoms with Crippen LogP contribution >= 0.6 is 0 Å². The van der Waals surface area contributed by atoms with Crippen LogP contribution in [0.25, 0.3) is 0 Å². The number of hydrogen-bond donors (Lipinski definition) is 3. The Morgan fingerprint density at radius 3 is 2.11 bits per heavy atom. The molecule has 0 amide bonds. The molecule has 0 bridgehead atoms. The highest BCUT2D eigenvalue weighted by molar-refractivity contribution is 7.86. The Balaban J connectivity index is 1.99. The summed E-state index contributed by atoms with van der Waals surface area (Å²) in [5.41, 5.74) is 1.14. The number of nitrogens with zero attached hydrogens (tertiary/aromatic N) is 1. The molecule has 9 heteroatoms. The molecule has 3 rings (SSSR count). The topological polar surface area (TPSA) is 122 Å². The number of nitro groups is 1. The number of rotatable bonds is 6. The molecular weight excluding hydrogens is 370 g/mol. The molecule has 0 radical (unpaired) electrons. The normalized spacial score (nSPS) is 11.0. The van der Waals surface area contributed by atoms with Crippen molar-refractivity contribution in [3.8, 4) is 0 Å². The van der Waals surface area contributed by atoms with Crippen molar-refractivity contribution in [1.29, 1.82) is 0 Å². The number of hydrogen-bond acceptors (Lipinski definition) is 6. The van der Waals surface area contributed by atoms with Gasteiger partial charge in [0.1, 0.15) is 10.6 Å². The van der Waals surface area contributed by atoms with Crippen LogP contribution in [-0.4, -0.2) is 17.9 Å². The van der Waals surface area contributed by atoms with Crippen molar-refractivity contribution in [3.63, 3.8) is 0 Å². The molecule has 0 fully saturated rings. The molecule has 3 N–H and O–H groups in total. The van der Waals surface area contributed by atoms with Gasteiger partial charge in [0.15, 0.2) is 0 Å². The van der Waals surface area contributed by atoms with E-state index in [1.807, 2.05) is 6.07 Å². The van der Waals surface area contributed by atoms with Gasteiger partial charge < -0.3 is 10.6 Å². The summed E-state index contributed by atoms with van der Waals surface area (Å²) in [5.74, 6) is 0. The lowest BCUT2D eigenvalue weighted by Gasteiger charge is -2.13. The lowest BCUT2D eigenvalue weighted by atomic mass is 10.2. The molecule has 0 saturated heterocycles. The Morgan fingerprint density at radius 1 is 0.815 bits per heavy atom. The SMILES string of the molecule is O=[N+]([O-])c1ccccc1Nc1ccc(Nc2ccccc2)c(S(=O)(=O)O)c1. The Bertz CT molecular complexity index is 1090. The van der Waals surface area contributed by atoms with Gasteiger partial charge in [0.05, 0.1) is 10.6 Å². The third kappa shape index (κ3) is 4.40. The number of para-hydroxylation sites is 3. The minimum Gasteiger partial charge on any atom is -0.354 e. The van der Waals surface area contributed by atoms with E-state index in [1.165, 1.54) is 30.3 Å². The van der Waals surface area contributed by atoms with E-state index in [0.29, 0.717) is 5.69 Å². The van der Waals surface area contributed by atoms with Crippen LogP contribution in [0.2, 0.25) is 0 Å². The third-order valence-electron chi connectivity index (χ3n) is 3.69. The van der Waals surface area contributed by atoms with E-state index >= 15 is 0 Å². The number of nitro benzene ring substituents is 1. The standard InChI is InChI=1S/C18H15N3O5S/c22-21(23)17-9-5-4-8-15(17)20-14-10-11-16(18(12-14)27(24,25)26)19-13-6-2-1-3-7-13/h1-12,19-20H,(H,24,25,26). The molecule has 0 aliphatic rings. The van der Waals surface area contributed by atoms with Gasteiger partial charge in [-0.25, -0.2) is 0 Å². The largest absolute Gasteiger partial charge is 0.354 e. The zero-order valence-electron chi connectivity index (χ0n) is 13.9. The maximum Gasteiger partial charge on any atom is 0.296 e. The molecule has 0 aliphatic heterocycles. The summed E-state index contributed by atoms with van der Waals surface area (Å²) in [5, 5.41) is 16.9. The Labute approximate surface area is 155 Å². The summed E-state index contributed by atoms with van der Waals surface area (Å²) in [6.45, 7) is 0. The molecule has 138 valence electrons. The fourth-order valence-electron chi connectivity index (χ4n) is 2.49. The minimum absolute atomic E-state index is 0.155. The van der Waals surface area contributed by atoms with Crippen LogP contribution in [0.15, 0.2) is 77.7 Å². The van der Waals surface area contributed by atoms with E-state index in [4.69, 9.17) is 0 Å². The summed E-state index contributed by atoms with van der Waals surface area (Å²) < 4.78 is 33.2. The number of benzene rings is 3. The van der Waals surface area contributed by atoms with Gasteiger partial charge >= 0.3 is 0 Å². The second-order valence-corrected chi connectivity index (χ2v) is 6.97. The van der Waals surface area contributed by atoms with Crippen LogP contribution in [0.5, 0.6) is 0 Å². The number of anilines is 4. The summed E-state index contributed by atoms with van der Waals surface area (Å²) in [7, 11) is -4.53. The van der Waals surface area contributed by atoms with Gasteiger partial charge in [-0.15, -0.1) is 0 Å². The summed E-state index contributed by atoms with van der Waals surface area (Å²) >= 11 is 0. The van der Waals surface area contributed by atoms with Gasteiger partial charge in [0, 0.05) is 17.4 Å². The molecule has 27 heavy (non-hydrogen) atoms. The highest BCUT2D eigenvalue weighted by Gasteiger charge is 2.18. The van der Waals surface area contributed by atoms with Crippen molar-refractivity contribution < 1.29 is 17.9 Å². The van der Waals surface area contributed by atoms with Crippen molar-refractivity contribution in [1.82, 2.24) is 0 Å². The van der Waals surface area contributed by atoms with E-state index in [1.54, 1.807) is 36.4 Å². The monoisotopic (exact) mass is 385 g/mol. The molecule has 0 unspecified atom stereocenters. The maximum atomic E-state index is 11.8. The predicted octanol–water partition coefficient (Wildman–Crippen LogP) is 4.33.